The molecule has 0 bridgehead atoms. The van der Waals surface area contributed by atoms with Crippen LogP contribution in [0, 0.1) is 0 Å². The lowest BCUT2D eigenvalue weighted by molar-refractivity contribution is 1.10. The highest BCUT2D eigenvalue weighted by molar-refractivity contribution is 6.02. The van der Waals surface area contributed by atoms with E-state index in [1.807, 2.05) is 0 Å². The molecule has 0 aliphatic carbocycles. The quantitative estimate of drug-likeness (QED) is 0.153. The molecule has 9 aromatic rings. The highest BCUT2D eigenvalue weighted by Gasteiger charge is 2.21. The van der Waals surface area contributed by atoms with Gasteiger partial charge in [0.1, 0.15) is 0 Å². The van der Waals surface area contributed by atoms with Gasteiger partial charge in [0, 0.05) is 33.3 Å². The summed E-state index contributed by atoms with van der Waals surface area (Å²) in [5.74, 6) is 0. The van der Waals surface area contributed by atoms with Gasteiger partial charge < -0.3 is 9.13 Å². The van der Waals surface area contributed by atoms with Crippen molar-refractivity contribution in [2.45, 2.75) is 0 Å². The molecule has 2 aromatic heterocycles. The Labute approximate surface area is 304 Å². The Morgan fingerprint density at radius 1 is 0.288 bits per heavy atom. The van der Waals surface area contributed by atoms with E-state index in [2.05, 4.69) is 228 Å². The van der Waals surface area contributed by atoms with Crippen LogP contribution in [0.15, 0.2) is 194 Å². The summed E-state index contributed by atoms with van der Waals surface area (Å²) >= 11 is 0. The standard InChI is InChI=1S/C50H36N2/c1-5-17-37(18-6-1)29-35-45-43-25-13-15-27-47(43)51(49(45)39-21-9-3-10-22-39)41-31-33-42(34-32-41)52-48-28-16-14-26-44(48)46(36-30-38-19-7-2-8-20-38)50(52)40-23-11-4-12-24-40/h1-36H. The Bertz CT molecular complexity index is 2490. The average molecular weight is 665 g/mol. The number of hydrogen-bond donors (Lipinski definition) is 0. The summed E-state index contributed by atoms with van der Waals surface area (Å²) in [6.45, 7) is 0. The fourth-order valence-corrected chi connectivity index (χ4v) is 7.40. The van der Waals surface area contributed by atoms with E-state index in [-0.39, 0.29) is 0 Å². The molecule has 0 N–H and O–H groups in total. The Kier molecular flexibility index (Phi) is 8.24. The second-order valence-electron chi connectivity index (χ2n) is 13.0. The molecule has 2 nitrogen and oxygen atoms in total. The van der Waals surface area contributed by atoms with E-state index in [0.29, 0.717) is 0 Å². The number of nitrogens with zero attached hydrogens (tertiary/aromatic N) is 2. The minimum absolute atomic E-state index is 1.11. The monoisotopic (exact) mass is 664 g/mol. The van der Waals surface area contributed by atoms with Crippen molar-refractivity contribution in [2.24, 2.45) is 0 Å². The second kappa shape index (κ2) is 13.8. The zero-order valence-corrected chi connectivity index (χ0v) is 28.7. The van der Waals surface area contributed by atoms with Crippen molar-refractivity contribution in [1.29, 1.82) is 0 Å². The van der Waals surface area contributed by atoms with Crippen LogP contribution in [0.2, 0.25) is 0 Å². The van der Waals surface area contributed by atoms with Gasteiger partial charge in [0.15, 0.2) is 0 Å². The number of hydrogen-bond acceptors (Lipinski definition) is 0. The van der Waals surface area contributed by atoms with Crippen LogP contribution in [0.3, 0.4) is 0 Å². The van der Waals surface area contributed by atoms with Crippen LogP contribution in [0.5, 0.6) is 0 Å². The molecule has 0 spiro atoms. The SMILES string of the molecule is C(=Cc1c(-c2ccccc2)n(-c2ccc(-n3c(-c4ccccc4)c(C=Cc4ccccc4)c4ccccc43)cc2)c2ccccc12)c1ccccc1. The Morgan fingerprint density at radius 2 is 0.615 bits per heavy atom. The first kappa shape index (κ1) is 31.1. The predicted octanol–water partition coefficient (Wildman–Crippen LogP) is 13.2. The minimum atomic E-state index is 1.11. The number of rotatable bonds is 8. The Balaban J connectivity index is 1.24. The maximum Gasteiger partial charge on any atom is 0.0613 e. The van der Waals surface area contributed by atoms with Gasteiger partial charge in [-0.25, -0.2) is 0 Å². The van der Waals surface area contributed by atoms with Crippen molar-refractivity contribution >= 4 is 46.1 Å². The molecule has 0 saturated heterocycles. The first-order chi connectivity index (χ1) is 25.8. The van der Waals surface area contributed by atoms with Crippen LogP contribution in [0.25, 0.3) is 80.0 Å². The van der Waals surface area contributed by atoms with E-state index in [4.69, 9.17) is 0 Å². The van der Waals surface area contributed by atoms with Gasteiger partial charge in [-0.2, -0.15) is 0 Å². The van der Waals surface area contributed by atoms with Gasteiger partial charge in [0.05, 0.1) is 22.4 Å². The lowest BCUT2D eigenvalue weighted by Gasteiger charge is -2.16. The molecule has 0 aliphatic heterocycles. The highest BCUT2D eigenvalue weighted by atomic mass is 15.0. The summed E-state index contributed by atoms with van der Waals surface area (Å²) in [5.41, 5.74) is 14.0. The molecule has 0 radical (unpaired) electrons. The highest BCUT2D eigenvalue weighted by Crippen LogP contribution is 2.40. The maximum absolute atomic E-state index is 2.42. The molecule has 7 aromatic carbocycles. The fourth-order valence-electron chi connectivity index (χ4n) is 7.40. The minimum Gasteiger partial charge on any atom is -0.309 e. The van der Waals surface area contributed by atoms with E-state index in [9.17, 15) is 0 Å². The zero-order valence-electron chi connectivity index (χ0n) is 28.7. The smallest absolute Gasteiger partial charge is 0.0613 e. The third kappa shape index (κ3) is 5.77. The van der Waals surface area contributed by atoms with Gasteiger partial charge in [-0.1, -0.05) is 182 Å². The van der Waals surface area contributed by atoms with Crippen molar-refractivity contribution in [1.82, 2.24) is 9.13 Å². The van der Waals surface area contributed by atoms with Crippen molar-refractivity contribution < 1.29 is 0 Å². The molecule has 52 heavy (non-hydrogen) atoms. The molecule has 0 fully saturated rings. The summed E-state index contributed by atoms with van der Waals surface area (Å²) in [6.07, 6.45) is 8.97. The summed E-state index contributed by atoms with van der Waals surface area (Å²) < 4.78 is 4.83. The summed E-state index contributed by atoms with van der Waals surface area (Å²) in [7, 11) is 0. The largest absolute Gasteiger partial charge is 0.309 e. The lowest BCUT2D eigenvalue weighted by atomic mass is 10.0. The predicted molar refractivity (Wildman–Crippen MR) is 222 cm³/mol. The van der Waals surface area contributed by atoms with Crippen molar-refractivity contribution in [3.8, 4) is 33.9 Å². The van der Waals surface area contributed by atoms with Crippen molar-refractivity contribution in [3.05, 3.63) is 216 Å². The van der Waals surface area contributed by atoms with Crippen LogP contribution >= 0.6 is 0 Å². The fraction of sp³-hybridized carbons (Fsp3) is 0. The molecule has 0 saturated carbocycles. The van der Waals surface area contributed by atoms with Crippen LogP contribution < -0.4 is 0 Å². The molecule has 0 atom stereocenters. The van der Waals surface area contributed by atoms with Gasteiger partial charge in [-0.15, -0.1) is 0 Å². The van der Waals surface area contributed by atoms with Gasteiger partial charge >= 0.3 is 0 Å². The Morgan fingerprint density at radius 3 is 1.00 bits per heavy atom. The van der Waals surface area contributed by atoms with E-state index >= 15 is 0 Å². The molecule has 2 heteroatoms. The van der Waals surface area contributed by atoms with Gasteiger partial charge in [-0.05, 0) is 58.7 Å². The van der Waals surface area contributed by atoms with Gasteiger partial charge in [0.2, 0.25) is 0 Å². The Hall–Kier alpha value is -6.90. The van der Waals surface area contributed by atoms with E-state index in [1.54, 1.807) is 0 Å². The molecular formula is C50H36N2. The summed E-state index contributed by atoms with van der Waals surface area (Å²) in [4.78, 5) is 0. The van der Waals surface area contributed by atoms with E-state index in [0.717, 1.165) is 11.4 Å². The lowest BCUT2D eigenvalue weighted by Crippen LogP contribution is -2.00. The molecule has 0 aliphatic rings. The summed E-state index contributed by atoms with van der Waals surface area (Å²) in [6, 6.07) is 69.1. The van der Waals surface area contributed by atoms with Crippen LogP contribution in [-0.2, 0) is 0 Å². The molecule has 246 valence electrons. The van der Waals surface area contributed by atoms with Gasteiger partial charge in [-0.3, -0.25) is 0 Å². The molecule has 0 amide bonds. The number of para-hydroxylation sites is 2. The normalized spacial score (nSPS) is 11.7. The zero-order chi connectivity index (χ0) is 34.7. The third-order valence-corrected chi connectivity index (χ3v) is 9.77. The van der Waals surface area contributed by atoms with Crippen LogP contribution in [-0.4, -0.2) is 9.13 Å². The molecular weight excluding hydrogens is 629 g/mol. The second-order valence-corrected chi connectivity index (χ2v) is 13.0. The maximum atomic E-state index is 2.42. The first-order valence-corrected chi connectivity index (χ1v) is 17.8. The van der Waals surface area contributed by atoms with Gasteiger partial charge in [0.25, 0.3) is 0 Å². The topological polar surface area (TPSA) is 9.86 Å². The summed E-state index contributed by atoms with van der Waals surface area (Å²) in [5, 5.41) is 2.44. The molecule has 2 heterocycles. The van der Waals surface area contributed by atoms with E-state index < -0.39 is 0 Å². The third-order valence-electron chi connectivity index (χ3n) is 9.77. The molecule has 9 rings (SSSR count). The van der Waals surface area contributed by atoms with Crippen LogP contribution in [0.4, 0.5) is 0 Å². The first-order valence-electron chi connectivity index (χ1n) is 17.8. The van der Waals surface area contributed by atoms with Crippen LogP contribution in [0.1, 0.15) is 22.3 Å². The number of benzene rings is 7. The average Bonchev–Trinajstić information content (AvgIpc) is 3.73. The van der Waals surface area contributed by atoms with E-state index in [1.165, 1.54) is 66.6 Å². The van der Waals surface area contributed by atoms with Crippen molar-refractivity contribution in [3.63, 3.8) is 0 Å². The molecule has 0 unspecified atom stereocenters. The number of aromatic nitrogens is 2. The van der Waals surface area contributed by atoms with Crippen molar-refractivity contribution in [2.75, 3.05) is 0 Å². The number of fused-ring (bicyclic) bond motifs is 2.